The van der Waals surface area contributed by atoms with Crippen molar-refractivity contribution in [1.29, 1.82) is 0 Å². The summed E-state index contributed by atoms with van der Waals surface area (Å²) in [5.41, 5.74) is 3.86. The molecule has 2 heteroatoms. The lowest BCUT2D eigenvalue weighted by Crippen LogP contribution is -2.42. The Labute approximate surface area is 127 Å². The van der Waals surface area contributed by atoms with E-state index in [9.17, 15) is 0 Å². The molecule has 0 bridgehead atoms. The van der Waals surface area contributed by atoms with Crippen molar-refractivity contribution in [2.75, 3.05) is 32.7 Å². The molecule has 1 spiro atoms. The number of fused-ring (bicyclic) bond motifs is 3. The number of likely N-dealkylation sites (tertiary alicyclic amines) is 1. The lowest BCUT2D eigenvalue weighted by Gasteiger charge is -2.40. The Kier molecular flexibility index (Phi) is 2.75. The van der Waals surface area contributed by atoms with E-state index in [1.54, 1.807) is 11.1 Å². The highest BCUT2D eigenvalue weighted by molar-refractivity contribution is 5.39. The molecule has 1 aromatic carbocycles. The maximum atomic E-state index is 3.52. The van der Waals surface area contributed by atoms with E-state index in [2.05, 4.69) is 34.5 Å². The average Bonchev–Trinajstić information content (AvgIpc) is 2.92. The number of hydrogen-bond acceptors (Lipinski definition) is 2. The smallest absolute Gasteiger partial charge is 0.00162 e. The second-order valence-electron chi connectivity index (χ2n) is 7.89. The topological polar surface area (TPSA) is 15.3 Å². The zero-order valence-corrected chi connectivity index (χ0v) is 12.9. The molecule has 0 aromatic heterocycles. The van der Waals surface area contributed by atoms with Crippen LogP contribution in [0.2, 0.25) is 0 Å². The maximum absolute atomic E-state index is 3.52. The van der Waals surface area contributed by atoms with Crippen LogP contribution in [0.4, 0.5) is 0 Å². The highest BCUT2D eigenvalue weighted by atomic mass is 15.1. The van der Waals surface area contributed by atoms with Gasteiger partial charge in [-0.25, -0.2) is 0 Å². The summed E-state index contributed by atoms with van der Waals surface area (Å²) in [5.74, 6) is 3.07. The van der Waals surface area contributed by atoms with Crippen LogP contribution in [0.1, 0.15) is 30.4 Å². The molecule has 0 amide bonds. The summed E-state index contributed by atoms with van der Waals surface area (Å²) in [6, 6.07) is 9.23. The molecule has 1 unspecified atom stereocenters. The van der Waals surface area contributed by atoms with Gasteiger partial charge in [-0.2, -0.15) is 0 Å². The lowest BCUT2D eigenvalue weighted by molar-refractivity contribution is 0.149. The minimum atomic E-state index is 0.536. The van der Waals surface area contributed by atoms with Crippen LogP contribution < -0.4 is 5.32 Å². The van der Waals surface area contributed by atoms with Crippen molar-refractivity contribution >= 4 is 0 Å². The van der Waals surface area contributed by atoms with E-state index in [0.29, 0.717) is 5.41 Å². The molecule has 0 radical (unpaired) electrons. The lowest BCUT2D eigenvalue weighted by atomic mass is 9.74. The quantitative estimate of drug-likeness (QED) is 0.896. The van der Waals surface area contributed by atoms with Crippen LogP contribution in [-0.4, -0.2) is 37.6 Å². The molecule has 2 heterocycles. The fraction of sp³-hybridized carbons (Fsp3) is 0.684. The van der Waals surface area contributed by atoms with Crippen LogP contribution in [-0.2, 0) is 11.8 Å². The van der Waals surface area contributed by atoms with E-state index < -0.39 is 0 Å². The van der Waals surface area contributed by atoms with Crippen LogP contribution in [0.3, 0.4) is 0 Å². The Morgan fingerprint density at radius 2 is 1.81 bits per heavy atom. The molecule has 112 valence electrons. The molecule has 21 heavy (non-hydrogen) atoms. The molecule has 2 nitrogen and oxygen atoms in total. The largest absolute Gasteiger partial charge is 0.316 e. The van der Waals surface area contributed by atoms with E-state index in [1.165, 1.54) is 58.4 Å². The molecule has 1 N–H and O–H groups in total. The molecular formula is C19H26N2. The predicted octanol–water partition coefficient (Wildman–Crippen LogP) is 2.43. The van der Waals surface area contributed by atoms with Gasteiger partial charge in [0.1, 0.15) is 0 Å². The number of rotatable bonds is 2. The van der Waals surface area contributed by atoms with Crippen LogP contribution in [0, 0.1) is 17.8 Å². The Hall–Kier alpha value is -0.860. The first-order chi connectivity index (χ1) is 10.4. The summed E-state index contributed by atoms with van der Waals surface area (Å²) < 4.78 is 0. The Morgan fingerprint density at radius 1 is 1.05 bits per heavy atom. The Bertz CT molecular complexity index is 534. The number of hydrogen-bond donors (Lipinski definition) is 1. The Balaban J connectivity index is 1.25. The molecule has 3 fully saturated rings. The third-order valence-electron chi connectivity index (χ3n) is 7.01. The van der Waals surface area contributed by atoms with Crippen molar-refractivity contribution in [2.45, 2.75) is 31.1 Å². The number of nitrogens with one attached hydrogen (secondary N) is 1. The van der Waals surface area contributed by atoms with E-state index >= 15 is 0 Å². The molecule has 1 saturated carbocycles. The zero-order chi connectivity index (χ0) is 13.9. The molecule has 1 aromatic rings. The first-order valence-corrected chi connectivity index (χ1v) is 8.87. The summed E-state index contributed by atoms with van der Waals surface area (Å²) in [4.78, 5) is 2.77. The van der Waals surface area contributed by atoms with Crippen LogP contribution in [0.5, 0.6) is 0 Å². The summed E-state index contributed by atoms with van der Waals surface area (Å²) in [7, 11) is 0. The van der Waals surface area contributed by atoms with E-state index in [4.69, 9.17) is 0 Å². The molecule has 4 aliphatic rings. The second-order valence-corrected chi connectivity index (χ2v) is 7.89. The van der Waals surface area contributed by atoms with Gasteiger partial charge in [0.05, 0.1) is 0 Å². The number of nitrogens with zero attached hydrogens (tertiary/aromatic N) is 1. The third kappa shape index (κ3) is 1.92. The van der Waals surface area contributed by atoms with E-state index in [1.807, 2.05) is 0 Å². The van der Waals surface area contributed by atoms with Crippen molar-refractivity contribution in [1.82, 2.24) is 10.2 Å². The summed E-state index contributed by atoms with van der Waals surface area (Å²) in [6.45, 7) is 6.63. The molecule has 5 rings (SSSR count). The first kappa shape index (κ1) is 12.7. The predicted molar refractivity (Wildman–Crippen MR) is 85.5 cm³/mol. The van der Waals surface area contributed by atoms with Gasteiger partial charge in [0.25, 0.3) is 0 Å². The minimum absolute atomic E-state index is 0.536. The van der Waals surface area contributed by atoms with Crippen LogP contribution in [0.25, 0.3) is 0 Å². The highest BCUT2D eigenvalue weighted by Gasteiger charge is 2.53. The minimum Gasteiger partial charge on any atom is -0.316 e. The van der Waals surface area contributed by atoms with Crippen molar-refractivity contribution in [3.8, 4) is 0 Å². The van der Waals surface area contributed by atoms with Gasteiger partial charge in [-0.1, -0.05) is 24.3 Å². The molecule has 2 aliphatic carbocycles. The van der Waals surface area contributed by atoms with E-state index in [-0.39, 0.29) is 0 Å². The summed E-state index contributed by atoms with van der Waals surface area (Å²) >= 11 is 0. The standard InChI is InChI=1S/C19H26N2/c1-2-4-18-14(3-1)5-6-19(18)7-9-21(10-8-19)13-17-15-11-20-12-16(15)17/h1-4,15-17,20H,5-13H2/t15-,16+,17?. The zero-order valence-electron chi connectivity index (χ0n) is 12.9. The van der Waals surface area contributed by atoms with Crippen molar-refractivity contribution < 1.29 is 0 Å². The second kappa shape index (κ2) is 4.57. The summed E-state index contributed by atoms with van der Waals surface area (Å²) in [5, 5.41) is 3.52. The highest BCUT2D eigenvalue weighted by Crippen LogP contribution is 2.50. The third-order valence-corrected chi connectivity index (χ3v) is 7.01. The maximum Gasteiger partial charge on any atom is 0.00162 e. The monoisotopic (exact) mass is 282 g/mol. The molecular weight excluding hydrogens is 256 g/mol. The van der Waals surface area contributed by atoms with Gasteiger partial charge in [0.2, 0.25) is 0 Å². The van der Waals surface area contributed by atoms with Gasteiger partial charge in [-0.3, -0.25) is 0 Å². The molecule has 2 aliphatic heterocycles. The number of piperidine rings is 2. The van der Waals surface area contributed by atoms with Gasteiger partial charge < -0.3 is 10.2 Å². The molecule has 3 atom stereocenters. The van der Waals surface area contributed by atoms with Gasteiger partial charge in [-0.05, 0) is 86.2 Å². The van der Waals surface area contributed by atoms with Gasteiger partial charge in [0, 0.05) is 6.54 Å². The van der Waals surface area contributed by atoms with Gasteiger partial charge >= 0.3 is 0 Å². The van der Waals surface area contributed by atoms with Crippen molar-refractivity contribution in [3.63, 3.8) is 0 Å². The molecule has 2 saturated heterocycles. The first-order valence-electron chi connectivity index (χ1n) is 8.87. The normalized spacial score (nSPS) is 36.7. The van der Waals surface area contributed by atoms with Gasteiger partial charge in [0.15, 0.2) is 0 Å². The number of benzene rings is 1. The van der Waals surface area contributed by atoms with E-state index in [0.717, 1.165) is 17.8 Å². The fourth-order valence-electron chi connectivity index (χ4n) is 5.56. The Morgan fingerprint density at radius 3 is 2.62 bits per heavy atom. The van der Waals surface area contributed by atoms with Crippen LogP contribution in [0.15, 0.2) is 24.3 Å². The summed E-state index contributed by atoms with van der Waals surface area (Å²) in [6.07, 6.45) is 5.50. The van der Waals surface area contributed by atoms with Crippen molar-refractivity contribution in [3.05, 3.63) is 35.4 Å². The van der Waals surface area contributed by atoms with Crippen LogP contribution >= 0.6 is 0 Å². The number of aryl methyl sites for hydroxylation is 1. The SMILES string of the molecule is c1ccc2c(c1)CCC21CCN(CC2[C@H]3CNC[C@@H]23)CC1. The average molecular weight is 282 g/mol. The van der Waals surface area contributed by atoms with Crippen molar-refractivity contribution in [2.24, 2.45) is 17.8 Å². The van der Waals surface area contributed by atoms with Gasteiger partial charge in [-0.15, -0.1) is 0 Å². The fourth-order valence-corrected chi connectivity index (χ4v) is 5.56.